The zero-order chi connectivity index (χ0) is 18.1. The van der Waals surface area contributed by atoms with E-state index >= 15 is 0 Å². The maximum absolute atomic E-state index is 12.3. The van der Waals surface area contributed by atoms with Gasteiger partial charge in [0.2, 0.25) is 10.0 Å². The lowest BCUT2D eigenvalue weighted by Crippen LogP contribution is -2.23. The molecule has 1 amide bonds. The summed E-state index contributed by atoms with van der Waals surface area (Å²) in [5.74, 6) is 0.512. The van der Waals surface area contributed by atoms with E-state index in [1.165, 1.54) is 20.2 Å². The standard InChI is InChI=1S/C17H22N2O4S/c1-6-13-7-8-16(23-13)17(20)18-15-10-14(9-11(2)12(15)3)24(21,22)19(4)5/h7-10H,6H2,1-5H3,(H,18,20). The zero-order valence-electron chi connectivity index (χ0n) is 14.5. The van der Waals surface area contributed by atoms with Gasteiger partial charge in [-0.3, -0.25) is 4.79 Å². The summed E-state index contributed by atoms with van der Waals surface area (Å²) in [6.07, 6.45) is 0.696. The van der Waals surface area contributed by atoms with Gasteiger partial charge in [0, 0.05) is 26.2 Å². The molecule has 0 aliphatic rings. The number of nitrogens with one attached hydrogen (secondary N) is 1. The number of benzene rings is 1. The number of hydrogen-bond donors (Lipinski definition) is 1. The summed E-state index contributed by atoms with van der Waals surface area (Å²) in [6.45, 7) is 5.57. The molecule has 0 aliphatic carbocycles. The van der Waals surface area contributed by atoms with Crippen molar-refractivity contribution in [2.45, 2.75) is 32.1 Å². The molecule has 2 aromatic rings. The van der Waals surface area contributed by atoms with Crippen molar-refractivity contribution in [1.29, 1.82) is 0 Å². The SMILES string of the molecule is CCc1ccc(C(=O)Nc2cc(S(=O)(=O)N(C)C)cc(C)c2C)o1. The average molecular weight is 350 g/mol. The minimum Gasteiger partial charge on any atom is -0.456 e. The van der Waals surface area contributed by atoms with Gasteiger partial charge in [0.05, 0.1) is 4.90 Å². The van der Waals surface area contributed by atoms with Crippen LogP contribution in [0.25, 0.3) is 0 Å². The summed E-state index contributed by atoms with van der Waals surface area (Å²) in [4.78, 5) is 12.5. The Morgan fingerprint density at radius 3 is 2.42 bits per heavy atom. The van der Waals surface area contributed by atoms with Crippen molar-refractivity contribution in [2.75, 3.05) is 19.4 Å². The summed E-state index contributed by atoms with van der Waals surface area (Å²) in [7, 11) is -0.640. The summed E-state index contributed by atoms with van der Waals surface area (Å²) < 4.78 is 31.3. The van der Waals surface area contributed by atoms with Crippen molar-refractivity contribution in [3.8, 4) is 0 Å². The molecule has 6 nitrogen and oxygen atoms in total. The monoisotopic (exact) mass is 350 g/mol. The number of carbonyl (C=O) groups is 1. The molecule has 0 unspecified atom stereocenters. The van der Waals surface area contributed by atoms with Crippen LogP contribution in [0.15, 0.2) is 33.6 Å². The van der Waals surface area contributed by atoms with Crippen LogP contribution >= 0.6 is 0 Å². The number of rotatable bonds is 5. The van der Waals surface area contributed by atoms with Gasteiger partial charge >= 0.3 is 0 Å². The summed E-state index contributed by atoms with van der Waals surface area (Å²) in [6, 6.07) is 6.43. The Hall–Kier alpha value is -2.12. The highest BCUT2D eigenvalue weighted by Gasteiger charge is 2.21. The minimum atomic E-state index is -3.58. The van der Waals surface area contributed by atoms with Crippen LogP contribution in [-0.2, 0) is 16.4 Å². The smallest absolute Gasteiger partial charge is 0.291 e. The molecule has 1 aromatic carbocycles. The van der Waals surface area contributed by atoms with Crippen molar-refractivity contribution in [3.63, 3.8) is 0 Å². The van der Waals surface area contributed by atoms with Gasteiger partial charge < -0.3 is 9.73 Å². The number of aryl methyl sites for hydroxylation is 2. The summed E-state index contributed by atoms with van der Waals surface area (Å²) in [5, 5.41) is 2.74. The molecule has 0 radical (unpaired) electrons. The first-order chi connectivity index (χ1) is 11.2. The average Bonchev–Trinajstić information content (AvgIpc) is 3.00. The molecule has 130 valence electrons. The maximum Gasteiger partial charge on any atom is 0.291 e. The topological polar surface area (TPSA) is 79.6 Å². The molecule has 1 aromatic heterocycles. The van der Waals surface area contributed by atoms with Crippen molar-refractivity contribution < 1.29 is 17.6 Å². The molecular formula is C17H22N2O4S. The van der Waals surface area contributed by atoms with Crippen molar-refractivity contribution in [3.05, 3.63) is 46.9 Å². The minimum absolute atomic E-state index is 0.139. The molecule has 7 heteroatoms. The highest BCUT2D eigenvalue weighted by Crippen LogP contribution is 2.26. The van der Waals surface area contributed by atoms with Gasteiger partial charge in [-0.1, -0.05) is 6.92 Å². The molecule has 0 saturated heterocycles. The van der Waals surface area contributed by atoms with E-state index in [1.54, 1.807) is 18.2 Å². The van der Waals surface area contributed by atoms with E-state index in [0.717, 1.165) is 21.2 Å². The van der Waals surface area contributed by atoms with Gasteiger partial charge in [0.1, 0.15) is 5.76 Å². The van der Waals surface area contributed by atoms with E-state index in [2.05, 4.69) is 5.32 Å². The Labute approximate surface area is 142 Å². The number of amides is 1. The molecule has 0 fully saturated rings. The van der Waals surface area contributed by atoms with Crippen LogP contribution in [0.2, 0.25) is 0 Å². The number of sulfonamides is 1. The zero-order valence-corrected chi connectivity index (χ0v) is 15.3. The Kier molecular flexibility index (Phi) is 5.15. The predicted molar refractivity (Wildman–Crippen MR) is 92.8 cm³/mol. The van der Waals surface area contributed by atoms with E-state index in [0.29, 0.717) is 12.1 Å². The number of furan rings is 1. The van der Waals surface area contributed by atoms with Crippen LogP contribution in [0, 0.1) is 13.8 Å². The summed E-state index contributed by atoms with van der Waals surface area (Å²) in [5.41, 5.74) is 2.04. The maximum atomic E-state index is 12.3. The first-order valence-electron chi connectivity index (χ1n) is 7.60. The fraction of sp³-hybridized carbons (Fsp3) is 0.353. The summed E-state index contributed by atoms with van der Waals surface area (Å²) >= 11 is 0. The normalized spacial score (nSPS) is 11.8. The van der Waals surface area contributed by atoms with Gasteiger partial charge in [0.25, 0.3) is 5.91 Å². The van der Waals surface area contributed by atoms with Crippen LogP contribution in [0.3, 0.4) is 0 Å². The molecule has 0 atom stereocenters. The Balaban J connectivity index is 2.39. The molecular weight excluding hydrogens is 328 g/mol. The third-order valence-corrected chi connectivity index (χ3v) is 5.69. The van der Waals surface area contributed by atoms with Crippen LogP contribution in [0.4, 0.5) is 5.69 Å². The van der Waals surface area contributed by atoms with Crippen LogP contribution in [0.1, 0.15) is 34.4 Å². The third-order valence-electron chi connectivity index (χ3n) is 3.90. The van der Waals surface area contributed by atoms with Gasteiger partial charge in [0.15, 0.2) is 5.76 Å². The molecule has 1 heterocycles. The van der Waals surface area contributed by atoms with E-state index in [9.17, 15) is 13.2 Å². The second kappa shape index (κ2) is 6.78. The lowest BCUT2D eigenvalue weighted by molar-refractivity contribution is 0.0995. The van der Waals surface area contributed by atoms with Crippen LogP contribution < -0.4 is 5.32 Å². The van der Waals surface area contributed by atoms with E-state index in [4.69, 9.17) is 4.42 Å². The quantitative estimate of drug-likeness (QED) is 0.899. The van der Waals surface area contributed by atoms with E-state index in [-0.39, 0.29) is 10.7 Å². The second-order valence-electron chi connectivity index (χ2n) is 5.77. The van der Waals surface area contributed by atoms with Gasteiger partial charge in [-0.25, -0.2) is 12.7 Å². The van der Waals surface area contributed by atoms with E-state index < -0.39 is 15.9 Å². The molecule has 0 spiro atoms. The predicted octanol–water partition coefficient (Wildman–Crippen LogP) is 2.96. The molecule has 24 heavy (non-hydrogen) atoms. The van der Waals surface area contributed by atoms with Gasteiger partial charge in [-0.15, -0.1) is 0 Å². The molecule has 0 saturated carbocycles. The third kappa shape index (κ3) is 3.52. The fourth-order valence-corrected chi connectivity index (χ4v) is 3.20. The Bertz CT molecular complexity index is 867. The molecule has 1 N–H and O–H groups in total. The van der Waals surface area contributed by atoms with Crippen LogP contribution in [0.5, 0.6) is 0 Å². The number of hydrogen-bond acceptors (Lipinski definition) is 4. The van der Waals surface area contributed by atoms with Gasteiger partial charge in [-0.05, 0) is 49.2 Å². The number of nitrogens with zero attached hydrogens (tertiary/aromatic N) is 1. The first-order valence-corrected chi connectivity index (χ1v) is 9.04. The Morgan fingerprint density at radius 1 is 1.21 bits per heavy atom. The fourth-order valence-electron chi connectivity index (χ4n) is 2.19. The second-order valence-corrected chi connectivity index (χ2v) is 7.93. The number of anilines is 1. The van der Waals surface area contributed by atoms with Crippen molar-refractivity contribution >= 4 is 21.6 Å². The lowest BCUT2D eigenvalue weighted by Gasteiger charge is -2.16. The van der Waals surface area contributed by atoms with Crippen molar-refractivity contribution in [2.24, 2.45) is 0 Å². The molecule has 0 aliphatic heterocycles. The van der Waals surface area contributed by atoms with Crippen molar-refractivity contribution in [1.82, 2.24) is 4.31 Å². The number of carbonyl (C=O) groups excluding carboxylic acids is 1. The largest absolute Gasteiger partial charge is 0.456 e. The Morgan fingerprint density at radius 2 is 1.88 bits per heavy atom. The van der Waals surface area contributed by atoms with E-state index in [1.807, 2.05) is 20.8 Å². The van der Waals surface area contributed by atoms with Gasteiger partial charge in [-0.2, -0.15) is 0 Å². The lowest BCUT2D eigenvalue weighted by atomic mass is 10.1. The highest BCUT2D eigenvalue weighted by atomic mass is 32.2. The molecule has 2 rings (SSSR count). The van der Waals surface area contributed by atoms with Crippen LogP contribution in [-0.4, -0.2) is 32.7 Å². The first kappa shape index (κ1) is 18.2. The molecule has 0 bridgehead atoms. The highest BCUT2D eigenvalue weighted by molar-refractivity contribution is 7.89.